The van der Waals surface area contributed by atoms with Gasteiger partial charge in [0.05, 0.1) is 19.5 Å². The predicted molar refractivity (Wildman–Crippen MR) is 88.3 cm³/mol. The van der Waals surface area contributed by atoms with Crippen molar-refractivity contribution in [3.8, 4) is 0 Å². The van der Waals surface area contributed by atoms with Gasteiger partial charge in [0.15, 0.2) is 5.96 Å². The van der Waals surface area contributed by atoms with E-state index in [2.05, 4.69) is 22.5 Å². The number of aliphatic imine (C=N–C) groups is 1. The molecule has 0 amide bonds. The van der Waals surface area contributed by atoms with E-state index in [0.29, 0.717) is 13.2 Å². The minimum Gasteiger partial charge on any atom is -0.469 e. The molecule has 0 bridgehead atoms. The summed E-state index contributed by atoms with van der Waals surface area (Å²) in [7, 11) is 1.68. The highest BCUT2D eigenvalue weighted by Gasteiger charge is 1.99. The third-order valence-electron chi connectivity index (χ3n) is 2.99. The molecular weight excluding hydrogens is 282 g/mol. The van der Waals surface area contributed by atoms with Crippen molar-refractivity contribution in [2.75, 3.05) is 46.6 Å². The van der Waals surface area contributed by atoms with Crippen LogP contribution in [0.15, 0.2) is 27.8 Å². The molecule has 6 nitrogen and oxygen atoms in total. The second kappa shape index (κ2) is 13.2. The summed E-state index contributed by atoms with van der Waals surface area (Å²) in [5.41, 5.74) is 0. The van der Waals surface area contributed by atoms with Gasteiger partial charge in [-0.3, -0.25) is 4.99 Å². The van der Waals surface area contributed by atoms with E-state index in [4.69, 9.17) is 13.9 Å². The second-order valence-electron chi connectivity index (χ2n) is 4.83. The highest BCUT2D eigenvalue weighted by molar-refractivity contribution is 5.79. The maximum absolute atomic E-state index is 5.42. The smallest absolute Gasteiger partial charge is 0.191 e. The quantitative estimate of drug-likeness (QED) is 0.350. The second-order valence-corrected chi connectivity index (χ2v) is 4.83. The highest BCUT2D eigenvalue weighted by Crippen LogP contribution is 1.99. The van der Waals surface area contributed by atoms with Crippen molar-refractivity contribution in [3.63, 3.8) is 0 Å². The molecule has 0 saturated carbocycles. The van der Waals surface area contributed by atoms with Gasteiger partial charge >= 0.3 is 0 Å². The van der Waals surface area contributed by atoms with Crippen LogP contribution in [0, 0.1) is 0 Å². The number of rotatable bonds is 12. The first kappa shape index (κ1) is 18.5. The van der Waals surface area contributed by atoms with E-state index in [9.17, 15) is 0 Å². The minimum absolute atomic E-state index is 0.655. The molecule has 1 rings (SSSR count). The third-order valence-corrected chi connectivity index (χ3v) is 2.99. The Balaban J connectivity index is 2.10. The van der Waals surface area contributed by atoms with Gasteiger partial charge in [-0.15, -0.1) is 0 Å². The van der Waals surface area contributed by atoms with E-state index in [0.717, 1.165) is 57.2 Å². The summed E-state index contributed by atoms with van der Waals surface area (Å²) in [5, 5.41) is 6.55. The molecule has 22 heavy (non-hydrogen) atoms. The Morgan fingerprint density at radius 1 is 1.23 bits per heavy atom. The number of ether oxygens (including phenoxy) is 2. The molecule has 0 radical (unpaired) electrons. The van der Waals surface area contributed by atoms with Crippen LogP contribution in [-0.4, -0.2) is 52.5 Å². The van der Waals surface area contributed by atoms with Crippen molar-refractivity contribution in [2.24, 2.45) is 4.99 Å². The van der Waals surface area contributed by atoms with E-state index >= 15 is 0 Å². The van der Waals surface area contributed by atoms with Crippen molar-refractivity contribution in [3.05, 3.63) is 24.2 Å². The number of methoxy groups -OCH3 is 1. The molecule has 0 fully saturated rings. The molecule has 1 heterocycles. The SMILES string of the molecule is CCNC(=NCCCCOCCOC)NCCc1ccco1. The monoisotopic (exact) mass is 311 g/mol. The van der Waals surface area contributed by atoms with Crippen molar-refractivity contribution in [1.29, 1.82) is 0 Å². The molecule has 2 N–H and O–H groups in total. The Morgan fingerprint density at radius 2 is 2.14 bits per heavy atom. The molecule has 0 unspecified atom stereocenters. The topological polar surface area (TPSA) is 68.0 Å². The Morgan fingerprint density at radius 3 is 2.86 bits per heavy atom. The van der Waals surface area contributed by atoms with Gasteiger partial charge in [-0.05, 0) is 31.9 Å². The van der Waals surface area contributed by atoms with Crippen LogP contribution in [0.4, 0.5) is 0 Å². The molecule has 1 aromatic rings. The Bertz CT molecular complexity index is 380. The summed E-state index contributed by atoms with van der Waals surface area (Å²) < 4.78 is 15.6. The van der Waals surface area contributed by atoms with Gasteiger partial charge in [-0.25, -0.2) is 0 Å². The average molecular weight is 311 g/mol. The number of furan rings is 1. The van der Waals surface area contributed by atoms with Crippen LogP contribution < -0.4 is 10.6 Å². The first-order chi connectivity index (χ1) is 10.9. The zero-order valence-corrected chi connectivity index (χ0v) is 13.8. The molecule has 0 aromatic carbocycles. The Labute approximate surface area is 133 Å². The van der Waals surface area contributed by atoms with E-state index in [-0.39, 0.29) is 0 Å². The lowest BCUT2D eigenvalue weighted by atomic mass is 10.3. The van der Waals surface area contributed by atoms with Crippen molar-refractivity contribution in [2.45, 2.75) is 26.2 Å². The van der Waals surface area contributed by atoms with Gasteiger partial charge in [0, 0.05) is 39.8 Å². The van der Waals surface area contributed by atoms with Crippen LogP contribution in [0.3, 0.4) is 0 Å². The lowest BCUT2D eigenvalue weighted by Gasteiger charge is -2.10. The summed E-state index contributed by atoms with van der Waals surface area (Å²) in [4.78, 5) is 4.55. The maximum Gasteiger partial charge on any atom is 0.191 e. The number of guanidine groups is 1. The average Bonchev–Trinajstić information content (AvgIpc) is 3.03. The zero-order valence-electron chi connectivity index (χ0n) is 13.8. The van der Waals surface area contributed by atoms with Crippen LogP contribution in [0.1, 0.15) is 25.5 Å². The summed E-state index contributed by atoms with van der Waals surface area (Å²) in [6.07, 6.45) is 4.58. The fourth-order valence-electron chi connectivity index (χ4n) is 1.85. The zero-order chi connectivity index (χ0) is 15.9. The lowest BCUT2D eigenvalue weighted by molar-refractivity contribution is 0.0690. The van der Waals surface area contributed by atoms with Crippen molar-refractivity contribution >= 4 is 5.96 Å². The van der Waals surface area contributed by atoms with Gasteiger partial charge in [-0.1, -0.05) is 0 Å². The fraction of sp³-hybridized carbons (Fsp3) is 0.688. The predicted octanol–water partition coefficient (Wildman–Crippen LogP) is 1.82. The molecule has 0 aliphatic rings. The number of unbranched alkanes of at least 4 members (excludes halogenated alkanes) is 1. The van der Waals surface area contributed by atoms with E-state index in [1.54, 1.807) is 13.4 Å². The largest absolute Gasteiger partial charge is 0.469 e. The van der Waals surface area contributed by atoms with Gasteiger partial charge in [-0.2, -0.15) is 0 Å². The van der Waals surface area contributed by atoms with Gasteiger partial charge in [0.2, 0.25) is 0 Å². The molecular formula is C16H29N3O3. The van der Waals surface area contributed by atoms with Gasteiger partial charge in [0.25, 0.3) is 0 Å². The molecule has 1 aromatic heterocycles. The lowest BCUT2D eigenvalue weighted by Crippen LogP contribution is -2.38. The normalized spacial score (nSPS) is 11.6. The molecule has 0 spiro atoms. The first-order valence-electron chi connectivity index (χ1n) is 7.98. The van der Waals surface area contributed by atoms with E-state index < -0.39 is 0 Å². The molecule has 0 atom stereocenters. The first-order valence-corrected chi connectivity index (χ1v) is 7.98. The molecule has 0 aliphatic heterocycles. The van der Waals surface area contributed by atoms with Crippen LogP contribution in [0.2, 0.25) is 0 Å². The fourth-order valence-corrected chi connectivity index (χ4v) is 1.85. The Hall–Kier alpha value is -1.53. The number of nitrogens with one attached hydrogen (secondary N) is 2. The number of hydrogen-bond donors (Lipinski definition) is 2. The summed E-state index contributed by atoms with van der Waals surface area (Å²) >= 11 is 0. The van der Waals surface area contributed by atoms with Crippen LogP contribution >= 0.6 is 0 Å². The molecule has 0 saturated heterocycles. The summed E-state index contributed by atoms with van der Waals surface area (Å²) in [6.45, 7) is 6.60. The summed E-state index contributed by atoms with van der Waals surface area (Å²) in [6, 6.07) is 3.89. The van der Waals surface area contributed by atoms with Crippen molar-refractivity contribution < 1.29 is 13.9 Å². The third kappa shape index (κ3) is 9.41. The molecule has 6 heteroatoms. The van der Waals surface area contributed by atoms with Crippen LogP contribution in [0.25, 0.3) is 0 Å². The molecule has 126 valence electrons. The number of nitrogens with zero attached hydrogens (tertiary/aromatic N) is 1. The van der Waals surface area contributed by atoms with Crippen LogP contribution in [-0.2, 0) is 15.9 Å². The van der Waals surface area contributed by atoms with E-state index in [1.807, 2.05) is 12.1 Å². The minimum atomic E-state index is 0.655. The standard InChI is InChI=1S/C16H29N3O3/c1-3-17-16(19-10-8-15-7-6-12-22-15)18-9-4-5-11-21-14-13-20-2/h6-7,12H,3-5,8-11,13-14H2,1-2H3,(H2,17,18,19). The van der Waals surface area contributed by atoms with Crippen molar-refractivity contribution in [1.82, 2.24) is 10.6 Å². The molecule has 0 aliphatic carbocycles. The summed E-state index contributed by atoms with van der Waals surface area (Å²) in [5.74, 6) is 1.84. The van der Waals surface area contributed by atoms with Gasteiger partial charge in [0.1, 0.15) is 5.76 Å². The maximum atomic E-state index is 5.42. The number of hydrogen-bond acceptors (Lipinski definition) is 4. The van der Waals surface area contributed by atoms with Crippen LogP contribution in [0.5, 0.6) is 0 Å². The van der Waals surface area contributed by atoms with Gasteiger partial charge < -0.3 is 24.5 Å². The van der Waals surface area contributed by atoms with E-state index in [1.165, 1.54) is 0 Å². The highest BCUT2D eigenvalue weighted by atomic mass is 16.5. The Kier molecular flexibility index (Phi) is 11.1.